The lowest BCUT2D eigenvalue weighted by Crippen LogP contribution is -2.23. The van der Waals surface area contributed by atoms with Gasteiger partial charge in [0.25, 0.3) is 0 Å². The third-order valence-corrected chi connectivity index (χ3v) is 2.76. The molecule has 0 aliphatic carbocycles. The summed E-state index contributed by atoms with van der Waals surface area (Å²) in [5.41, 5.74) is 0.662. The maximum atomic E-state index is 11.5. The van der Waals surface area contributed by atoms with Crippen LogP contribution in [0.25, 0.3) is 0 Å². The van der Waals surface area contributed by atoms with Gasteiger partial charge in [-0.3, -0.25) is 4.79 Å². The Morgan fingerprint density at radius 1 is 1.20 bits per heavy atom. The van der Waals surface area contributed by atoms with Crippen LogP contribution >= 0.6 is 0 Å². The van der Waals surface area contributed by atoms with Crippen molar-refractivity contribution < 1.29 is 24.1 Å². The zero-order chi connectivity index (χ0) is 15.1. The number of methoxy groups -OCH3 is 2. The highest BCUT2D eigenvalue weighted by atomic mass is 16.5. The van der Waals surface area contributed by atoms with Crippen LogP contribution in [-0.2, 0) is 11.4 Å². The number of hydrogen-bond acceptors (Lipinski definition) is 5. The second kappa shape index (κ2) is 7.59. The minimum atomic E-state index is -0.119. The van der Waals surface area contributed by atoms with Gasteiger partial charge >= 0.3 is 0 Å². The number of aliphatic hydroxyl groups excluding tert-OH is 1. The molecular weight excluding hydrogens is 262 g/mol. The molecule has 0 bridgehead atoms. The van der Waals surface area contributed by atoms with Crippen LogP contribution in [0.4, 0.5) is 0 Å². The van der Waals surface area contributed by atoms with Crippen molar-refractivity contribution in [2.24, 2.45) is 0 Å². The van der Waals surface area contributed by atoms with Crippen LogP contribution in [0.3, 0.4) is 0 Å². The minimum Gasteiger partial charge on any atom is -0.493 e. The van der Waals surface area contributed by atoms with Crippen molar-refractivity contribution in [3.63, 3.8) is 0 Å². The largest absolute Gasteiger partial charge is 0.493 e. The van der Waals surface area contributed by atoms with Crippen LogP contribution in [0.5, 0.6) is 17.2 Å². The van der Waals surface area contributed by atoms with E-state index in [4.69, 9.17) is 14.2 Å². The van der Waals surface area contributed by atoms with Crippen molar-refractivity contribution >= 4 is 5.91 Å². The number of ether oxygens (including phenoxy) is 3. The van der Waals surface area contributed by atoms with Crippen LogP contribution in [-0.4, -0.2) is 50.8 Å². The van der Waals surface area contributed by atoms with Gasteiger partial charge in [0.05, 0.1) is 33.9 Å². The fourth-order valence-corrected chi connectivity index (χ4v) is 1.63. The van der Waals surface area contributed by atoms with E-state index in [0.29, 0.717) is 22.8 Å². The van der Waals surface area contributed by atoms with E-state index in [2.05, 4.69) is 0 Å². The fourth-order valence-electron chi connectivity index (χ4n) is 1.63. The molecule has 1 aromatic carbocycles. The van der Waals surface area contributed by atoms with Crippen LogP contribution in [0, 0.1) is 0 Å². The summed E-state index contributed by atoms with van der Waals surface area (Å²) < 4.78 is 16.0. The van der Waals surface area contributed by atoms with Gasteiger partial charge in [-0.2, -0.15) is 0 Å². The van der Waals surface area contributed by atoms with E-state index in [1.54, 1.807) is 26.2 Å². The molecule has 6 nitrogen and oxygen atoms in total. The standard InChI is InChI=1S/C14H21NO5/c1-15(2)13(17)5-6-20-14-11(18-3)7-10(9-16)8-12(14)19-4/h7-8,16H,5-6,9H2,1-4H3. The SMILES string of the molecule is COc1cc(CO)cc(OC)c1OCCC(=O)N(C)C. The molecular formula is C14H21NO5. The molecule has 0 spiro atoms. The fraction of sp³-hybridized carbons (Fsp3) is 0.500. The number of carbonyl (C=O) groups excluding carboxylic acids is 1. The first-order valence-electron chi connectivity index (χ1n) is 6.22. The molecule has 0 unspecified atom stereocenters. The first-order chi connectivity index (χ1) is 9.53. The van der Waals surface area contributed by atoms with Gasteiger partial charge < -0.3 is 24.2 Å². The van der Waals surface area contributed by atoms with E-state index < -0.39 is 0 Å². The van der Waals surface area contributed by atoms with Crippen LogP contribution in [0.2, 0.25) is 0 Å². The lowest BCUT2D eigenvalue weighted by atomic mass is 10.2. The van der Waals surface area contributed by atoms with Gasteiger partial charge in [0.2, 0.25) is 11.7 Å². The molecule has 1 rings (SSSR count). The predicted molar refractivity (Wildman–Crippen MR) is 74.3 cm³/mol. The first kappa shape index (κ1) is 16.1. The monoisotopic (exact) mass is 283 g/mol. The maximum absolute atomic E-state index is 11.5. The van der Waals surface area contributed by atoms with E-state index in [1.807, 2.05) is 0 Å². The summed E-state index contributed by atoms with van der Waals surface area (Å²) in [6.07, 6.45) is 0.265. The summed E-state index contributed by atoms with van der Waals surface area (Å²) in [5, 5.41) is 9.18. The van der Waals surface area contributed by atoms with Crippen LogP contribution < -0.4 is 14.2 Å². The van der Waals surface area contributed by atoms with Gasteiger partial charge in [-0.15, -0.1) is 0 Å². The molecule has 1 amide bonds. The summed E-state index contributed by atoms with van der Waals surface area (Å²) >= 11 is 0. The van der Waals surface area contributed by atoms with Crippen molar-refractivity contribution in [1.82, 2.24) is 4.90 Å². The number of amides is 1. The molecule has 20 heavy (non-hydrogen) atoms. The molecule has 0 aliphatic heterocycles. The van der Waals surface area contributed by atoms with E-state index in [9.17, 15) is 9.90 Å². The molecule has 112 valence electrons. The molecule has 0 fully saturated rings. The first-order valence-corrected chi connectivity index (χ1v) is 6.22. The van der Waals surface area contributed by atoms with Gasteiger partial charge in [0.15, 0.2) is 11.5 Å². The molecule has 0 aromatic heterocycles. The van der Waals surface area contributed by atoms with Crippen LogP contribution in [0.1, 0.15) is 12.0 Å². The highest BCUT2D eigenvalue weighted by Gasteiger charge is 2.15. The van der Waals surface area contributed by atoms with Crippen LogP contribution in [0.15, 0.2) is 12.1 Å². The average molecular weight is 283 g/mol. The number of aliphatic hydroxyl groups is 1. The second-order valence-corrected chi connectivity index (χ2v) is 4.37. The highest BCUT2D eigenvalue weighted by molar-refractivity contribution is 5.75. The Morgan fingerprint density at radius 2 is 1.75 bits per heavy atom. The summed E-state index contributed by atoms with van der Waals surface area (Å²) in [5.74, 6) is 1.34. The lowest BCUT2D eigenvalue weighted by molar-refractivity contribution is -0.129. The molecule has 0 saturated heterocycles. The van der Waals surface area contributed by atoms with E-state index >= 15 is 0 Å². The van der Waals surface area contributed by atoms with Gasteiger partial charge in [-0.25, -0.2) is 0 Å². The smallest absolute Gasteiger partial charge is 0.225 e. The van der Waals surface area contributed by atoms with E-state index in [0.717, 1.165) is 0 Å². The summed E-state index contributed by atoms with van der Waals surface area (Å²) in [6.45, 7) is 0.105. The van der Waals surface area contributed by atoms with Crippen molar-refractivity contribution in [3.8, 4) is 17.2 Å². The number of benzene rings is 1. The van der Waals surface area contributed by atoms with Gasteiger partial charge in [-0.1, -0.05) is 0 Å². The van der Waals surface area contributed by atoms with Gasteiger partial charge in [-0.05, 0) is 17.7 Å². The zero-order valence-corrected chi connectivity index (χ0v) is 12.3. The third-order valence-electron chi connectivity index (χ3n) is 2.76. The summed E-state index contributed by atoms with van der Waals surface area (Å²) in [4.78, 5) is 13.0. The molecule has 1 N–H and O–H groups in total. The molecule has 0 heterocycles. The minimum absolute atomic E-state index is 0.0186. The Balaban J connectivity index is 2.84. The normalized spacial score (nSPS) is 10.1. The van der Waals surface area contributed by atoms with Gasteiger partial charge in [0, 0.05) is 14.1 Å². The number of carbonyl (C=O) groups is 1. The van der Waals surface area contributed by atoms with Crippen molar-refractivity contribution in [1.29, 1.82) is 0 Å². The second-order valence-electron chi connectivity index (χ2n) is 4.37. The topological polar surface area (TPSA) is 68.2 Å². The quantitative estimate of drug-likeness (QED) is 0.810. The number of hydrogen-bond donors (Lipinski definition) is 1. The Hall–Kier alpha value is -1.95. The van der Waals surface area contributed by atoms with Gasteiger partial charge in [0.1, 0.15) is 0 Å². The average Bonchev–Trinajstić information content (AvgIpc) is 2.46. The molecule has 0 aliphatic rings. The number of rotatable bonds is 7. The number of nitrogens with zero attached hydrogens (tertiary/aromatic N) is 1. The predicted octanol–water partition coefficient (Wildman–Crippen LogP) is 1.05. The highest BCUT2D eigenvalue weighted by Crippen LogP contribution is 2.38. The van der Waals surface area contributed by atoms with E-state index in [1.165, 1.54) is 19.1 Å². The lowest BCUT2D eigenvalue weighted by Gasteiger charge is -2.16. The zero-order valence-electron chi connectivity index (χ0n) is 12.3. The molecule has 0 saturated carbocycles. The molecule has 0 radical (unpaired) electrons. The summed E-state index contributed by atoms with van der Waals surface area (Å²) in [6, 6.07) is 3.34. The summed E-state index contributed by atoms with van der Waals surface area (Å²) in [7, 11) is 6.40. The van der Waals surface area contributed by atoms with E-state index in [-0.39, 0.29) is 25.5 Å². The van der Waals surface area contributed by atoms with Crippen molar-refractivity contribution in [3.05, 3.63) is 17.7 Å². The molecule has 6 heteroatoms. The Morgan fingerprint density at radius 3 is 2.15 bits per heavy atom. The third kappa shape index (κ3) is 4.03. The Labute approximate surface area is 118 Å². The molecule has 1 aromatic rings. The molecule has 0 atom stereocenters. The van der Waals surface area contributed by atoms with Crippen molar-refractivity contribution in [2.75, 3.05) is 34.9 Å². The Kier molecular flexibility index (Phi) is 6.11. The van der Waals surface area contributed by atoms with Crippen molar-refractivity contribution in [2.45, 2.75) is 13.0 Å². The maximum Gasteiger partial charge on any atom is 0.225 e. The Bertz CT molecular complexity index is 434.